The fourth-order valence-corrected chi connectivity index (χ4v) is 2.72. The Kier molecular flexibility index (Phi) is 4.18. The molecule has 118 valence electrons. The molecule has 0 spiro atoms. The maximum atomic E-state index is 13.2. The van der Waals surface area contributed by atoms with E-state index >= 15 is 0 Å². The lowest BCUT2D eigenvalue weighted by Crippen LogP contribution is -2.43. The molecule has 0 aromatic heterocycles. The summed E-state index contributed by atoms with van der Waals surface area (Å²) in [5, 5.41) is 9.31. The topological polar surface area (TPSA) is 69.6 Å². The van der Waals surface area contributed by atoms with E-state index in [-0.39, 0.29) is 30.6 Å². The van der Waals surface area contributed by atoms with Crippen LogP contribution in [0.1, 0.15) is 26.3 Å². The highest BCUT2D eigenvalue weighted by Gasteiger charge is 2.36. The van der Waals surface area contributed by atoms with Crippen molar-refractivity contribution >= 4 is 11.8 Å². The highest BCUT2D eigenvalue weighted by molar-refractivity contribution is 6.21. The summed E-state index contributed by atoms with van der Waals surface area (Å²) in [7, 11) is 0. The monoisotopic (exact) mass is 314 g/mol. The van der Waals surface area contributed by atoms with E-state index in [4.69, 9.17) is 0 Å². The van der Waals surface area contributed by atoms with Crippen LogP contribution in [0.15, 0.2) is 48.5 Å². The third kappa shape index (κ3) is 2.99. The Morgan fingerprint density at radius 1 is 1.04 bits per heavy atom. The van der Waals surface area contributed by atoms with Crippen LogP contribution in [0.5, 0.6) is 0 Å². The number of nitrogens with one attached hydrogen (secondary N) is 1. The number of nitrogens with zero attached hydrogens (tertiary/aromatic N) is 1. The summed E-state index contributed by atoms with van der Waals surface area (Å²) in [4.78, 5) is 25.7. The predicted octanol–water partition coefficient (Wildman–Crippen LogP) is 2.01. The molecule has 0 aliphatic carbocycles. The summed E-state index contributed by atoms with van der Waals surface area (Å²) in [5.41, 5.74) is 3.48. The van der Waals surface area contributed by atoms with Crippen LogP contribution in [-0.2, 0) is 6.42 Å². The van der Waals surface area contributed by atoms with Crippen LogP contribution in [-0.4, -0.2) is 34.5 Å². The van der Waals surface area contributed by atoms with E-state index in [0.29, 0.717) is 16.7 Å². The first kappa shape index (κ1) is 15.3. The molecule has 1 heterocycles. The highest BCUT2D eigenvalue weighted by Crippen LogP contribution is 2.22. The van der Waals surface area contributed by atoms with E-state index in [1.807, 2.05) is 0 Å². The van der Waals surface area contributed by atoms with Gasteiger partial charge in [0.25, 0.3) is 11.8 Å². The van der Waals surface area contributed by atoms with Crippen LogP contribution in [0.2, 0.25) is 0 Å². The average molecular weight is 314 g/mol. The van der Waals surface area contributed by atoms with Gasteiger partial charge in [0, 0.05) is 6.54 Å². The quantitative estimate of drug-likeness (QED) is 0.654. The van der Waals surface area contributed by atoms with Crippen LogP contribution in [0.25, 0.3) is 0 Å². The van der Waals surface area contributed by atoms with Gasteiger partial charge in [-0.15, -0.1) is 0 Å². The summed E-state index contributed by atoms with van der Waals surface area (Å²) in [6, 6.07) is 12.0. The summed E-state index contributed by atoms with van der Waals surface area (Å²) in [6.07, 6.45) is 0.279. The normalized spacial score (nSPS) is 15.0. The molecule has 0 saturated carbocycles. The van der Waals surface area contributed by atoms with Crippen LogP contribution in [0.4, 0.5) is 4.39 Å². The van der Waals surface area contributed by atoms with Crippen LogP contribution < -0.4 is 5.48 Å². The van der Waals surface area contributed by atoms with E-state index in [1.165, 1.54) is 12.1 Å². The maximum Gasteiger partial charge on any atom is 0.261 e. The lowest BCUT2D eigenvalue weighted by Gasteiger charge is -2.21. The maximum absolute atomic E-state index is 13.2. The third-order valence-electron chi connectivity index (χ3n) is 3.83. The Balaban J connectivity index is 1.75. The van der Waals surface area contributed by atoms with Crippen LogP contribution in [0.3, 0.4) is 0 Å². The number of amides is 2. The SMILES string of the molecule is O=C1c2ccccc2C(=O)N1C[C@H](Cc1cccc(F)c1)NO. The minimum Gasteiger partial charge on any atom is -0.316 e. The molecule has 2 aromatic carbocycles. The molecule has 6 heteroatoms. The largest absolute Gasteiger partial charge is 0.316 e. The molecule has 1 aliphatic rings. The lowest BCUT2D eigenvalue weighted by molar-refractivity contribution is 0.0570. The van der Waals surface area contributed by atoms with Gasteiger partial charge in [-0.25, -0.2) is 9.87 Å². The van der Waals surface area contributed by atoms with Crippen molar-refractivity contribution in [1.29, 1.82) is 0 Å². The number of carbonyl (C=O) groups excluding carboxylic acids is 2. The number of hydroxylamine groups is 1. The zero-order valence-electron chi connectivity index (χ0n) is 12.2. The zero-order valence-corrected chi connectivity index (χ0v) is 12.2. The second kappa shape index (κ2) is 6.28. The fraction of sp³-hybridized carbons (Fsp3) is 0.176. The van der Waals surface area contributed by atoms with Crippen molar-refractivity contribution in [2.45, 2.75) is 12.5 Å². The molecule has 0 radical (unpaired) electrons. The van der Waals surface area contributed by atoms with E-state index < -0.39 is 6.04 Å². The van der Waals surface area contributed by atoms with Crippen molar-refractivity contribution in [1.82, 2.24) is 10.4 Å². The van der Waals surface area contributed by atoms with Gasteiger partial charge in [0.1, 0.15) is 5.82 Å². The molecule has 1 aliphatic heterocycles. The average Bonchev–Trinajstić information content (AvgIpc) is 2.79. The fourth-order valence-electron chi connectivity index (χ4n) is 2.72. The van der Waals surface area contributed by atoms with E-state index in [0.717, 1.165) is 4.90 Å². The van der Waals surface area contributed by atoms with Gasteiger partial charge in [0.15, 0.2) is 0 Å². The van der Waals surface area contributed by atoms with Gasteiger partial charge in [-0.2, -0.15) is 0 Å². The smallest absolute Gasteiger partial charge is 0.261 e. The number of fused-ring (bicyclic) bond motifs is 1. The molecule has 0 unspecified atom stereocenters. The number of carbonyl (C=O) groups is 2. The molecule has 0 fully saturated rings. The number of halogens is 1. The second-order valence-corrected chi connectivity index (χ2v) is 5.43. The Hall–Kier alpha value is -2.57. The Bertz CT molecular complexity index is 728. The standard InChI is InChI=1S/C17H15FN2O3/c18-12-5-3-4-11(8-12)9-13(19-23)10-20-16(21)14-6-1-2-7-15(14)17(20)22/h1-8,13,19,23H,9-10H2/t13-/m0/s1. The van der Waals surface area contributed by atoms with Gasteiger partial charge in [-0.1, -0.05) is 24.3 Å². The first-order valence-corrected chi connectivity index (χ1v) is 7.19. The molecule has 0 saturated heterocycles. The number of hydrogen-bond donors (Lipinski definition) is 2. The molecule has 2 amide bonds. The minimum absolute atomic E-state index is 0.000635. The van der Waals surface area contributed by atoms with Crippen molar-refractivity contribution in [2.75, 3.05) is 6.54 Å². The molecule has 2 aromatic rings. The van der Waals surface area contributed by atoms with Gasteiger partial charge < -0.3 is 5.21 Å². The van der Waals surface area contributed by atoms with Crippen molar-refractivity contribution in [3.8, 4) is 0 Å². The molecular weight excluding hydrogens is 299 g/mol. The van der Waals surface area contributed by atoms with Crippen LogP contribution in [0, 0.1) is 5.82 Å². The number of benzene rings is 2. The van der Waals surface area contributed by atoms with Crippen molar-refractivity contribution in [3.63, 3.8) is 0 Å². The van der Waals surface area contributed by atoms with Gasteiger partial charge in [0.2, 0.25) is 0 Å². The second-order valence-electron chi connectivity index (χ2n) is 5.43. The molecular formula is C17H15FN2O3. The van der Waals surface area contributed by atoms with Gasteiger partial charge >= 0.3 is 0 Å². The Morgan fingerprint density at radius 2 is 1.70 bits per heavy atom. The number of hydrogen-bond acceptors (Lipinski definition) is 4. The van der Waals surface area contributed by atoms with Crippen LogP contribution >= 0.6 is 0 Å². The third-order valence-corrected chi connectivity index (χ3v) is 3.83. The number of imide groups is 1. The molecule has 3 rings (SSSR count). The summed E-state index contributed by atoms with van der Waals surface area (Å²) >= 11 is 0. The first-order chi connectivity index (χ1) is 11.1. The Labute approximate surface area is 132 Å². The molecule has 0 bridgehead atoms. The summed E-state index contributed by atoms with van der Waals surface area (Å²) in [5.74, 6) is -1.14. The minimum atomic E-state index is -0.584. The van der Waals surface area contributed by atoms with Gasteiger partial charge in [0.05, 0.1) is 17.2 Å². The highest BCUT2D eigenvalue weighted by atomic mass is 19.1. The van der Waals surface area contributed by atoms with E-state index in [2.05, 4.69) is 5.48 Å². The zero-order chi connectivity index (χ0) is 16.4. The predicted molar refractivity (Wildman–Crippen MR) is 80.6 cm³/mol. The number of rotatable bonds is 5. The van der Waals surface area contributed by atoms with Crippen molar-refractivity contribution < 1.29 is 19.2 Å². The van der Waals surface area contributed by atoms with Crippen molar-refractivity contribution in [3.05, 3.63) is 71.0 Å². The molecule has 5 nitrogen and oxygen atoms in total. The van der Waals surface area contributed by atoms with Crippen molar-refractivity contribution in [2.24, 2.45) is 0 Å². The first-order valence-electron chi connectivity index (χ1n) is 7.19. The molecule has 1 atom stereocenters. The van der Waals surface area contributed by atoms with E-state index in [9.17, 15) is 19.2 Å². The van der Waals surface area contributed by atoms with E-state index in [1.54, 1.807) is 36.4 Å². The lowest BCUT2D eigenvalue weighted by atomic mass is 10.1. The molecule has 23 heavy (non-hydrogen) atoms. The summed E-state index contributed by atoms with van der Waals surface area (Å²) < 4.78 is 13.2. The van der Waals surface area contributed by atoms with Gasteiger partial charge in [-0.3, -0.25) is 14.5 Å². The Morgan fingerprint density at radius 3 is 2.26 bits per heavy atom. The molecule has 2 N–H and O–H groups in total. The van der Waals surface area contributed by atoms with Gasteiger partial charge in [-0.05, 0) is 36.2 Å². The summed E-state index contributed by atoms with van der Waals surface area (Å²) in [6.45, 7) is -0.000635.